The van der Waals surface area contributed by atoms with Crippen molar-refractivity contribution in [3.63, 3.8) is 0 Å². The van der Waals surface area contributed by atoms with Crippen molar-refractivity contribution in [1.29, 1.82) is 0 Å². The second-order valence-corrected chi connectivity index (χ2v) is 6.21. The van der Waals surface area contributed by atoms with Crippen LogP contribution in [0.3, 0.4) is 0 Å². The van der Waals surface area contributed by atoms with Crippen LogP contribution in [0.2, 0.25) is 0 Å². The Balaban J connectivity index is 0. The van der Waals surface area contributed by atoms with Crippen LogP contribution in [0.1, 0.15) is 84.0 Å². The Hall–Kier alpha value is 0.450. The van der Waals surface area contributed by atoms with Crippen LogP contribution in [0.15, 0.2) is 12.3 Å². The average Bonchev–Trinajstić information content (AvgIpc) is 2.38. The van der Waals surface area contributed by atoms with Crippen molar-refractivity contribution >= 4 is 10.4 Å². The molecule has 0 aliphatic rings. The van der Waals surface area contributed by atoms with E-state index in [1.165, 1.54) is 57.8 Å². The fraction of sp³-hybridized carbons (Fsp3) is 0.867. The van der Waals surface area contributed by atoms with E-state index in [2.05, 4.69) is 11.1 Å². The molecule has 0 aromatic carbocycles. The third kappa shape index (κ3) is 22.9. The summed E-state index contributed by atoms with van der Waals surface area (Å²) in [6, 6.07) is 0. The zero-order valence-corrected chi connectivity index (χ0v) is 16.5. The van der Waals surface area contributed by atoms with E-state index in [0.717, 1.165) is 25.5 Å². The van der Waals surface area contributed by atoms with Crippen molar-refractivity contribution in [2.45, 2.75) is 84.0 Å². The van der Waals surface area contributed by atoms with Gasteiger partial charge in [-0.15, -0.1) is 0 Å². The Kier molecular flexibility index (Phi) is 19.0. The van der Waals surface area contributed by atoms with Gasteiger partial charge in [0.2, 0.25) is 0 Å². The Bertz CT molecular complexity index is 329. The normalized spacial score (nSPS) is 11.5. The molecule has 120 valence electrons. The molecule has 0 bridgehead atoms. The largest absolute Gasteiger partial charge is 1.00 e. The zero-order chi connectivity index (χ0) is 15.1. The van der Waals surface area contributed by atoms with Crippen LogP contribution < -0.4 is 29.6 Å². The molecule has 0 aliphatic heterocycles. The van der Waals surface area contributed by atoms with Gasteiger partial charge in [-0.05, 0) is 18.9 Å². The molecule has 0 spiro atoms. The van der Waals surface area contributed by atoms with Gasteiger partial charge in [-0.25, -0.2) is 8.42 Å². The van der Waals surface area contributed by atoms with Crippen LogP contribution in [0.25, 0.3) is 0 Å². The third-order valence-corrected chi connectivity index (χ3v) is 3.59. The first kappa shape index (κ1) is 23.7. The summed E-state index contributed by atoms with van der Waals surface area (Å²) in [6.07, 6.45) is 17.4. The van der Waals surface area contributed by atoms with Crippen LogP contribution in [-0.4, -0.2) is 13.0 Å². The van der Waals surface area contributed by atoms with E-state index >= 15 is 0 Å². The maximum Gasteiger partial charge on any atom is 1.00 e. The molecule has 6 heteroatoms. The number of unbranched alkanes of at least 4 members (excludes halogenated alkanes) is 11. The zero-order valence-electron chi connectivity index (χ0n) is 13.7. The van der Waals surface area contributed by atoms with Crippen LogP contribution in [0, 0.1) is 0 Å². The van der Waals surface area contributed by atoms with Gasteiger partial charge in [-0.1, -0.05) is 71.1 Å². The van der Waals surface area contributed by atoms with E-state index in [1.54, 1.807) is 6.08 Å². The smallest absolute Gasteiger partial charge is 0.716 e. The van der Waals surface area contributed by atoms with Crippen molar-refractivity contribution in [3.8, 4) is 0 Å². The maximum absolute atomic E-state index is 10.1. The van der Waals surface area contributed by atoms with E-state index in [0.29, 0.717) is 0 Å². The molecule has 0 radical (unpaired) electrons. The van der Waals surface area contributed by atoms with Crippen molar-refractivity contribution in [2.24, 2.45) is 0 Å². The molecule has 0 heterocycles. The van der Waals surface area contributed by atoms with Gasteiger partial charge in [-0.2, -0.15) is 0 Å². The molecule has 0 unspecified atom stereocenters. The van der Waals surface area contributed by atoms with Gasteiger partial charge in [0.15, 0.2) is 0 Å². The van der Waals surface area contributed by atoms with Crippen molar-refractivity contribution in [1.82, 2.24) is 0 Å². The standard InChI is InChI=1S/C15H30O4S.Na/c1-2-3-4-5-6-7-8-9-10-11-12-13-14-15-19-20(16,17)18;/h14-15H,2-13H2,1H3,(H,16,17,18);/q;+1/p-1. The number of allylic oxidation sites excluding steroid dienone is 1. The molecule has 0 fully saturated rings. The Morgan fingerprint density at radius 1 is 0.857 bits per heavy atom. The molecule has 0 saturated carbocycles. The van der Waals surface area contributed by atoms with Crippen LogP contribution >= 0.6 is 0 Å². The van der Waals surface area contributed by atoms with E-state index in [1.807, 2.05) is 0 Å². The van der Waals surface area contributed by atoms with E-state index in [-0.39, 0.29) is 29.6 Å². The van der Waals surface area contributed by atoms with E-state index in [9.17, 15) is 13.0 Å². The fourth-order valence-electron chi connectivity index (χ4n) is 2.10. The van der Waals surface area contributed by atoms with Gasteiger partial charge in [0, 0.05) is 0 Å². The van der Waals surface area contributed by atoms with Crippen molar-refractivity contribution < 1.29 is 46.7 Å². The molecule has 0 N–H and O–H groups in total. The van der Waals surface area contributed by atoms with Crippen LogP contribution in [0.5, 0.6) is 0 Å². The average molecular weight is 328 g/mol. The monoisotopic (exact) mass is 328 g/mol. The molecule has 21 heavy (non-hydrogen) atoms. The summed E-state index contributed by atoms with van der Waals surface area (Å²) in [5.41, 5.74) is 0. The quantitative estimate of drug-likeness (QED) is 0.160. The SMILES string of the molecule is CCCCCCCCCCCCCC=COS(=O)(=O)[O-].[Na+]. The molecule has 4 nitrogen and oxygen atoms in total. The van der Waals surface area contributed by atoms with Gasteiger partial charge in [0.1, 0.15) is 6.26 Å². The second kappa shape index (κ2) is 16.8. The van der Waals surface area contributed by atoms with E-state index in [4.69, 9.17) is 0 Å². The molecule has 0 aliphatic carbocycles. The van der Waals surface area contributed by atoms with Crippen LogP contribution in [-0.2, 0) is 14.6 Å². The molecular weight excluding hydrogens is 299 g/mol. The minimum Gasteiger partial charge on any atom is -0.716 e. The van der Waals surface area contributed by atoms with Gasteiger partial charge >= 0.3 is 29.6 Å². The first-order valence-corrected chi connectivity index (χ1v) is 9.18. The molecule has 0 rings (SSSR count). The summed E-state index contributed by atoms with van der Waals surface area (Å²) >= 11 is 0. The van der Waals surface area contributed by atoms with Crippen molar-refractivity contribution in [3.05, 3.63) is 12.3 Å². The predicted molar refractivity (Wildman–Crippen MR) is 81.0 cm³/mol. The Morgan fingerprint density at radius 2 is 1.29 bits per heavy atom. The summed E-state index contributed by atoms with van der Waals surface area (Å²) in [4.78, 5) is 0. The first-order chi connectivity index (χ1) is 9.56. The summed E-state index contributed by atoms with van der Waals surface area (Å²) < 4.78 is 34.3. The maximum atomic E-state index is 10.1. The van der Waals surface area contributed by atoms with Gasteiger partial charge in [0.05, 0.1) is 0 Å². The summed E-state index contributed by atoms with van der Waals surface area (Å²) in [7, 11) is -4.58. The minimum atomic E-state index is -4.58. The van der Waals surface area contributed by atoms with E-state index < -0.39 is 10.4 Å². The first-order valence-electron chi connectivity index (χ1n) is 7.85. The van der Waals surface area contributed by atoms with Crippen LogP contribution in [0.4, 0.5) is 0 Å². The Morgan fingerprint density at radius 3 is 1.71 bits per heavy atom. The van der Waals surface area contributed by atoms with Gasteiger partial charge in [-0.3, -0.25) is 0 Å². The summed E-state index contributed by atoms with van der Waals surface area (Å²) in [5, 5.41) is 0. The molecule has 0 atom stereocenters. The molecular formula is C15H29NaO4S. The molecule has 0 saturated heterocycles. The summed E-state index contributed by atoms with van der Waals surface area (Å²) in [5.74, 6) is 0. The van der Waals surface area contributed by atoms with Crippen molar-refractivity contribution in [2.75, 3.05) is 0 Å². The topological polar surface area (TPSA) is 66.4 Å². The molecule has 0 aromatic heterocycles. The number of hydrogen-bond acceptors (Lipinski definition) is 4. The molecule has 0 aromatic rings. The predicted octanol–water partition coefficient (Wildman–Crippen LogP) is 1.68. The van der Waals surface area contributed by atoms with Gasteiger partial charge < -0.3 is 8.74 Å². The summed E-state index contributed by atoms with van der Waals surface area (Å²) in [6.45, 7) is 2.24. The van der Waals surface area contributed by atoms with Gasteiger partial charge in [0.25, 0.3) is 10.4 Å². The third-order valence-electron chi connectivity index (χ3n) is 3.24. The molecule has 0 amide bonds. The Labute approximate surface area is 153 Å². The fourth-order valence-corrected chi connectivity index (χ4v) is 2.32. The minimum absolute atomic E-state index is 0. The number of rotatable bonds is 14. The second-order valence-electron chi connectivity index (χ2n) is 5.20. The number of hydrogen-bond donors (Lipinski definition) is 0.